The van der Waals surface area contributed by atoms with Gasteiger partial charge in [-0.1, -0.05) is 55.7 Å². The number of pyridine rings is 1. The number of carbonyl (C=O) groups excluding carboxylic acids is 4. The van der Waals surface area contributed by atoms with E-state index < -0.39 is 23.4 Å². The topological polar surface area (TPSA) is 152 Å². The second kappa shape index (κ2) is 13.8. The van der Waals surface area contributed by atoms with Gasteiger partial charge in [-0.2, -0.15) is 0 Å². The molecular formula is C36H41N5O6. The van der Waals surface area contributed by atoms with E-state index in [0.717, 1.165) is 55.9 Å². The van der Waals surface area contributed by atoms with Crippen LogP contribution in [0.2, 0.25) is 0 Å². The molecule has 2 saturated carbocycles. The van der Waals surface area contributed by atoms with Crippen LogP contribution in [-0.4, -0.2) is 45.8 Å². The number of rotatable bonds is 13. The van der Waals surface area contributed by atoms with Crippen LogP contribution in [0.5, 0.6) is 0 Å². The number of allylic oxidation sites excluding steroid dienone is 1. The van der Waals surface area contributed by atoms with Crippen molar-refractivity contribution in [3.63, 3.8) is 0 Å². The highest BCUT2D eigenvalue weighted by Crippen LogP contribution is 2.45. The molecule has 4 amide bonds. The van der Waals surface area contributed by atoms with Crippen LogP contribution >= 0.6 is 0 Å². The fourth-order valence-electron chi connectivity index (χ4n) is 6.96. The van der Waals surface area contributed by atoms with Crippen LogP contribution in [0, 0.1) is 0 Å². The first-order valence-electron chi connectivity index (χ1n) is 16.5. The Morgan fingerprint density at radius 3 is 2.64 bits per heavy atom. The van der Waals surface area contributed by atoms with Gasteiger partial charge >= 0.3 is 0 Å². The number of amides is 4. The van der Waals surface area contributed by atoms with E-state index in [2.05, 4.69) is 27.3 Å². The maximum atomic E-state index is 13.6. The number of carbonyl (C=O) groups is 4. The summed E-state index contributed by atoms with van der Waals surface area (Å²) in [6.45, 7) is 1.74. The predicted octanol–water partition coefficient (Wildman–Crippen LogP) is 4.27. The lowest BCUT2D eigenvalue weighted by Crippen LogP contribution is -2.49. The van der Waals surface area contributed by atoms with Gasteiger partial charge in [-0.15, -0.1) is 0 Å². The number of hydrogen-bond donors (Lipinski definition) is 4. The standard InChI is InChI=1S/C36H41N5O6/c1-2-25-26-12-5-7-15-29(26)47-32(25)34(45)38-27(13-6-8-16-30(42)37-24-10-3-4-11-24)33(44)39-28-14-9-19-41(35(28)46)22-31(43)40-36-18-17-23(20-36)21-36/h5,7-9,12,14-16,19-20,24,27H,2-4,6,10-11,13,17-18,21-22H2,1H3,(H,37,42)(H,38,45)(H,39,44)(H,40,43)/b16-8+/t27-,36?/m0/s1. The average molecular weight is 640 g/mol. The van der Waals surface area contributed by atoms with Crippen LogP contribution in [0.4, 0.5) is 5.69 Å². The molecule has 2 aromatic heterocycles. The molecule has 11 heteroatoms. The van der Waals surface area contributed by atoms with Gasteiger partial charge in [0.05, 0.1) is 5.54 Å². The third kappa shape index (κ3) is 7.24. The molecule has 2 bridgehead atoms. The number of aromatic nitrogens is 1. The third-order valence-corrected chi connectivity index (χ3v) is 9.37. The summed E-state index contributed by atoms with van der Waals surface area (Å²) in [5.74, 6) is -1.50. The van der Waals surface area contributed by atoms with Gasteiger partial charge in [0.1, 0.15) is 23.9 Å². The van der Waals surface area contributed by atoms with Gasteiger partial charge in [-0.25, -0.2) is 0 Å². The van der Waals surface area contributed by atoms with E-state index in [-0.39, 0.29) is 47.8 Å². The smallest absolute Gasteiger partial charge is 0.287 e. The highest BCUT2D eigenvalue weighted by Gasteiger charge is 2.43. The van der Waals surface area contributed by atoms with E-state index in [1.165, 1.54) is 28.5 Å². The van der Waals surface area contributed by atoms with Crippen LogP contribution < -0.4 is 26.8 Å². The van der Waals surface area contributed by atoms with E-state index in [1.807, 2.05) is 25.1 Å². The van der Waals surface area contributed by atoms with Crippen molar-refractivity contribution in [1.82, 2.24) is 20.5 Å². The summed E-state index contributed by atoms with van der Waals surface area (Å²) in [6.07, 6.45) is 14.6. The number of para-hydroxylation sites is 1. The number of benzene rings is 1. The molecule has 47 heavy (non-hydrogen) atoms. The highest BCUT2D eigenvalue weighted by atomic mass is 16.3. The summed E-state index contributed by atoms with van der Waals surface area (Å²) in [5.41, 5.74) is 1.80. The van der Waals surface area contributed by atoms with Gasteiger partial charge in [0.2, 0.25) is 17.7 Å². The minimum atomic E-state index is -1.06. The van der Waals surface area contributed by atoms with E-state index in [0.29, 0.717) is 18.4 Å². The molecular weight excluding hydrogens is 598 g/mol. The van der Waals surface area contributed by atoms with Crippen molar-refractivity contribution in [3.05, 3.63) is 88.1 Å². The second-order valence-electron chi connectivity index (χ2n) is 12.8. The van der Waals surface area contributed by atoms with Crippen molar-refractivity contribution in [1.29, 1.82) is 0 Å². The zero-order valence-electron chi connectivity index (χ0n) is 26.6. The number of nitrogens with one attached hydrogen (secondary N) is 4. The zero-order valence-corrected chi connectivity index (χ0v) is 26.6. The van der Waals surface area contributed by atoms with Gasteiger partial charge < -0.3 is 30.3 Å². The lowest BCUT2D eigenvalue weighted by Gasteiger charge is -2.32. The van der Waals surface area contributed by atoms with E-state index in [4.69, 9.17) is 4.42 Å². The SMILES string of the molecule is CCc1c(C(=O)N[C@@H](CC/C=C/C(=O)NC2CCCC2)C(=O)Nc2cccn(CC(=O)NC34C=C(CC3)C4)c2=O)oc2ccccc12. The Kier molecular flexibility index (Phi) is 9.42. The zero-order chi connectivity index (χ0) is 33.0. The summed E-state index contributed by atoms with van der Waals surface area (Å²) < 4.78 is 7.15. The maximum absolute atomic E-state index is 13.6. The molecule has 1 aromatic carbocycles. The summed E-state index contributed by atoms with van der Waals surface area (Å²) in [4.78, 5) is 65.6. The number of hydrogen-bond acceptors (Lipinski definition) is 6. The lowest BCUT2D eigenvalue weighted by molar-refractivity contribution is -0.123. The minimum absolute atomic E-state index is 0.0149. The highest BCUT2D eigenvalue weighted by molar-refractivity contribution is 6.03. The first-order valence-corrected chi connectivity index (χ1v) is 16.5. The molecule has 2 atom stereocenters. The lowest BCUT2D eigenvalue weighted by atomic mass is 9.87. The molecule has 7 rings (SSSR count). The Morgan fingerprint density at radius 2 is 1.89 bits per heavy atom. The Bertz CT molecular complexity index is 1810. The van der Waals surface area contributed by atoms with Crippen molar-refractivity contribution < 1.29 is 23.6 Å². The van der Waals surface area contributed by atoms with Crippen LogP contribution in [0.3, 0.4) is 0 Å². The minimum Gasteiger partial charge on any atom is -0.451 e. The molecule has 4 aliphatic rings. The molecule has 0 radical (unpaired) electrons. The van der Waals surface area contributed by atoms with E-state index >= 15 is 0 Å². The van der Waals surface area contributed by atoms with E-state index in [9.17, 15) is 24.0 Å². The summed E-state index contributed by atoms with van der Waals surface area (Å²) >= 11 is 0. The molecule has 3 aromatic rings. The molecule has 2 fully saturated rings. The first kappa shape index (κ1) is 32.0. The van der Waals surface area contributed by atoms with Crippen LogP contribution in [0.25, 0.3) is 11.0 Å². The Morgan fingerprint density at radius 1 is 1.11 bits per heavy atom. The largest absolute Gasteiger partial charge is 0.451 e. The fourth-order valence-corrected chi connectivity index (χ4v) is 6.96. The van der Waals surface area contributed by atoms with Crippen molar-refractivity contribution >= 4 is 40.3 Å². The quantitative estimate of drug-likeness (QED) is 0.162. The molecule has 4 N–H and O–H groups in total. The number of anilines is 1. The maximum Gasteiger partial charge on any atom is 0.287 e. The number of aryl methyl sites for hydroxylation is 1. The number of furan rings is 1. The molecule has 1 unspecified atom stereocenters. The van der Waals surface area contributed by atoms with Crippen LogP contribution in [-0.2, 0) is 27.3 Å². The van der Waals surface area contributed by atoms with Crippen LogP contribution in [0.15, 0.2) is 75.6 Å². The predicted molar refractivity (Wildman–Crippen MR) is 178 cm³/mol. The van der Waals surface area contributed by atoms with Gasteiger partial charge in [0, 0.05) is 23.2 Å². The van der Waals surface area contributed by atoms with Gasteiger partial charge in [0.25, 0.3) is 11.5 Å². The van der Waals surface area contributed by atoms with Crippen molar-refractivity contribution in [2.75, 3.05) is 5.32 Å². The summed E-state index contributed by atoms with van der Waals surface area (Å²) in [7, 11) is 0. The average Bonchev–Trinajstić information content (AvgIpc) is 3.84. The van der Waals surface area contributed by atoms with Gasteiger partial charge in [0.15, 0.2) is 5.76 Å². The van der Waals surface area contributed by atoms with E-state index in [1.54, 1.807) is 18.2 Å². The van der Waals surface area contributed by atoms with Crippen molar-refractivity contribution in [3.8, 4) is 0 Å². The van der Waals surface area contributed by atoms with Crippen LogP contribution in [0.1, 0.15) is 80.8 Å². The molecule has 246 valence electrons. The molecule has 2 heterocycles. The van der Waals surface area contributed by atoms with Crippen molar-refractivity contribution in [2.24, 2.45) is 0 Å². The molecule has 11 nitrogen and oxygen atoms in total. The second-order valence-corrected chi connectivity index (χ2v) is 12.8. The monoisotopic (exact) mass is 639 g/mol. The van der Waals surface area contributed by atoms with Gasteiger partial charge in [-0.3, -0.25) is 24.0 Å². The number of fused-ring (bicyclic) bond motifs is 2. The number of nitrogens with zero attached hydrogens (tertiary/aromatic N) is 1. The third-order valence-electron chi connectivity index (χ3n) is 9.37. The molecule has 0 spiro atoms. The first-order chi connectivity index (χ1) is 22.7. The normalized spacial score (nSPS) is 19.3. The Balaban J connectivity index is 1.15. The van der Waals surface area contributed by atoms with Crippen molar-refractivity contribution in [2.45, 2.75) is 95.3 Å². The molecule has 4 aliphatic carbocycles. The fraction of sp³-hybridized carbons (Fsp3) is 0.417. The van der Waals surface area contributed by atoms with Gasteiger partial charge in [-0.05, 0) is 75.6 Å². The summed E-state index contributed by atoms with van der Waals surface area (Å²) in [6, 6.07) is 9.54. The molecule has 0 aliphatic heterocycles. The molecule has 0 saturated heterocycles. The Labute approximate surface area is 272 Å². The summed E-state index contributed by atoms with van der Waals surface area (Å²) in [5, 5.41) is 12.3. The Hall–Kier alpha value is -4.93.